The van der Waals surface area contributed by atoms with E-state index in [-0.39, 0.29) is 12.4 Å². The average Bonchev–Trinajstić information content (AvgIpc) is 2.94. The average molecular weight is 418 g/mol. The van der Waals surface area contributed by atoms with E-state index >= 15 is 0 Å². The molecule has 9 heteroatoms. The minimum atomic E-state index is -4.53. The van der Waals surface area contributed by atoms with Gasteiger partial charge in [0, 0.05) is 28.6 Å². The van der Waals surface area contributed by atoms with Crippen molar-refractivity contribution in [3.8, 4) is 11.4 Å². The molecule has 0 radical (unpaired) electrons. The van der Waals surface area contributed by atoms with Crippen LogP contribution in [0.25, 0.3) is 11.4 Å². The number of imidazole rings is 1. The third kappa shape index (κ3) is 3.76. The molecule has 4 nitrogen and oxygen atoms in total. The Bertz CT molecular complexity index is 845. The first-order chi connectivity index (χ1) is 11.3. The molecule has 24 heavy (non-hydrogen) atoms. The predicted molar refractivity (Wildman–Crippen MR) is 86.5 cm³/mol. The first kappa shape index (κ1) is 16.9. The number of benzene rings is 1. The van der Waals surface area contributed by atoms with Gasteiger partial charge in [0.25, 0.3) is 0 Å². The molecule has 0 saturated carbocycles. The van der Waals surface area contributed by atoms with Crippen molar-refractivity contribution in [2.75, 3.05) is 0 Å². The Balaban J connectivity index is 2.04. The van der Waals surface area contributed by atoms with Crippen LogP contribution < -0.4 is 0 Å². The fourth-order valence-corrected chi connectivity index (χ4v) is 2.44. The molecule has 3 aromatic rings. The molecule has 0 aliphatic carbocycles. The van der Waals surface area contributed by atoms with E-state index in [9.17, 15) is 13.2 Å². The van der Waals surface area contributed by atoms with Crippen LogP contribution in [0.5, 0.6) is 0 Å². The molecule has 0 aliphatic rings. The van der Waals surface area contributed by atoms with Gasteiger partial charge in [-0.15, -0.1) is 0 Å². The molecule has 3 rings (SSSR count). The van der Waals surface area contributed by atoms with Crippen LogP contribution in [-0.4, -0.2) is 19.5 Å². The summed E-state index contributed by atoms with van der Waals surface area (Å²) in [7, 11) is 0. The summed E-state index contributed by atoms with van der Waals surface area (Å²) in [6.45, 7) is 0.0473. The highest BCUT2D eigenvalue weighted by Gasteiger charge is 2.35. The fraction of sp³-hybridized carbons (Fsp3) is 0.133. The number of rotatable bonds is 3. The van der Waals surface area contributed by atoms with Gasteiger partial charge in [-0.1, -0.05) is 39.7 Å². The van der Waals surface area contributed by atoms with Gasteiger partial charge in [-0.05, 0) is 12.1 Å². The summed E-state index contributed by atoms with van der Waals surface area (Å²) in [6.07, 6.45) is -0.791. The lowest BCUT2D eigenvalue weighted by Crippen LogP contribution is -2.06. The monoisotopic (exact) mass is 416 g/mol. The van der Waals surface area contributed by atoms with E-state index in [1.54, 1.807) is 24.3 Å². The summed E-state index contributed by atoms with van der Waals surface area (Å²) in [6, 6.07) is 6.85. The van der Waals surface area contributed by atoms with E-state index in [1.165, 1.54) is 17.0 Å². The first-order valence-electron chi connectivity index (χ1n) is 6.69. The normalized spacial score (nSPS) is 11.7. The molecule has 0 atom stereocenters. The first-order valence-corrected chi connectivity index (χ1v) is 7.87. The van der Waals surface area contributed by atoms with Gasteiger partial charge in [-0.25, -0.2) is 15.0 Å². The van der Waals surface area contributed by atoms with Crippen molar-refractivity contribution in [2.24, 2.45) is 0 Å². The molecule has 0 amide bonds. The molecular formula is C15H9BrClF3N4. The third-order valence-electron chi connectivity index (χ3n) is 3.15. The van der Waals surface area contributed by atoms with Gasteiger partial charge in [-0.2, -0.15) is 13.2 Å². The maximum absolute atomic E-state index is 13.0. The SMILES string of the molecule is FC(F)(F)c1cn(Cc2ncc(Cl)cn2)c(-c2ccc(Br)cc2)n1. The zero-order valence-corrected chi connectivity index (χ0v) is 14.3. The van der Waals surface area contributed by atoms with Crippen molar-refractivity contribution < 1.29 is 13.2 Å². The topological polar surface area (TPSA) is 43.6 Å². The Kier molecular flexibility index (Phi) is 4.60. The fourth-order valence-electron chi connectivity index (χ4n) is 2.08. The van der Waals surface area contributed by atoms with Crippen molar-refractivity contribution in [3.63, 3.8) is 0 Å². The van der Waals surface area contributed by atoms with Gasteiger partial charge >= 0.3 is 6.18 Å². The number of alkyl halides is 3. The van der Waals surface area contributed by atoms with Crippen LogP contribution in [0.15, 0.2) is 47.3 Å². The maximum atomic E-state index is 13.0. The molecule has 0 fully saturated rings. The number of hydrogen-bond acceptors (Lipinski definition) is 3. The summed E-state index contributed by atoms with van der Waals surface area (Å²) in [4.78, 5) is 11.8. The minimum Gasteiger partial charge on any atom is -0.323 e. The maximum Gasteiger partial charge on any atom is 0.434 e. The van der Waals surface area contributed by atoms with Gasteiger partial charge in [-0.3, -0.25) is 0 Å². The Morgan fingerprint density at radius 1 is 1.08 bits per heavy atom. The van der Waals surface area contributed by atoms with Crippen molar-refractivity contribution in [2.45, 2.75) is 12.7 Å². The van der Waals surface area contributed by atoms with Gasteiger partial charge in [0.15, 0.2) is 5.69 Å². The van der Waals surface area contributed by atoms with Crippen LogP contribution in [0, 0.1) is 0 Å². The largest absolute Gasteiger partial charge is 0.434 e. The van der Waals surface area contributed by atoms with Crippen LogP contribution in [0.2, 0.25) is 5.02 Å². The molecule has 0 bridgehead atoms. The van der Waals surface area contributed by atoms with Crippen molar-refractivity contribution in [3.05, 3.63) is 63.9 Å². The lowest BCUT2D eigenvalue weighted by molar-refractivity contribution is -0.140. The van der Waals surface area contributed by atoms with E-state index in [2.05, 4.69) is 30.9 Å². The standard InChI is InChI=1S/C15H9BrClF3N4/c16-10-3-1-9(2-4-10)14-23-12(15(18,19)20)7-24(14)8-13-21-5-11(17)6-22-13/h1-7H,8H2. The van der Waals surface area contributed by atoms with E-state index < -0.39 is 11.9 Å². The molecule has 0 aliphatic heterocycles. The number of hydrogen-bond donors (Lipinski definition) is 0. The zero-order valence-electron chi connectivity index (χ0n) is 11.9. The number of aromatic nitrogens is 4. The highest BCUT2D eigenvalue weighted by atomic mass is 79.9. The summed E-state index contributed by atoms with van der Waals surface area (Å²) in [5.41, 5.74) is -0.406. The van der Waals surface area contributed by atoms with Crippen LogP contribution >= 0.6 is 27.5 Å². The quantitative estimate of drug-likeness (QED) is 0.613. The van der Waals surface area contributed by atoms with Crippen LogP contribution in [0.4, 0.5) is 13.2 Å². The third-order valence-corrected chi connectivity index (χ3v) is 3.88. The van der Waals surface area contributed by atoms with Crippen molar-refractivity contribution in [1.29, 1.82) is 0 Å². The molecule has 2 heterocycles. The predicted octanol–water partition coefficient (Wildman–Crippen LogP) is 4.82. The second-order valence-electron chi connectivity index (χ2n) is 4.90. The van der Waals surface area contributed by atoms with Crippen molar-refractivity contribution in [1.82, 2.24) is 19.5 Å². The Labute approximate surface area is 148 Å². The summed E-state index contributed by atoms with van der Waals surface area (Å²) >= 11 is 9.02. The summed E-state index contributed by atoms with van der Waals surface area (Å²) in [5, 5.41) is 0.355. The summed E-state index contributed by atoms with van der Waals surface area (Å²) in [5.74, 6) is 0.525. The molecule has 124 valence electrons. The van der Waals surface area contributed by atoms with Crippen molar-refractivity contribution >= 4 is 27.5 Å². The zero-order chi connectivity index (χ0) is 17.3. The molecule has 0 N–H and O–H groups in total. The van der Waals surface area contributed by atoms with Crippen LogP contribution in [0.3, 0.4) is 0 Å². The smallest absolute Gasteiger partial charge is 0.323 e. The van der Waals surface area contributed by atoms with Gasteiger partial charge < -0.3 is 4.57 Å². The van der Waals surface area contributed by atoms with Crippen LogP contribution in [-0.2, 0) is 12.7 Å². The highest BCUT2D eigenvalue weighted by Crippen LogP contribution is 2.31. The molecule has 0 saturated heterocycles. The van der Waals surface area contributed by atoms with E-state index in [4.69, 9.17) is 11.6 Å². The van der Waals surface area contributed by atoms with Gasteiger partial charge in [0.05, 0.1) is 11.6 Å². The van der Waals surface area contributed by atoms with E-state index in [0.29, 0.717) is 16.4 Å². The lowest BCUT2D eigenvalue weighted by Gasteiger charge is -2.07. The summed E-state index contributed by atoms with van der Waals surface area (Å²) < 4.78 is 41.3. The Morgan fingerprint density at radius 2 is 1.71 bits per heavy atom. The Hall–Kier alpha value is -1.93. The molecule has 0 spiro atoms. The molecule has 2 aromatic heterocycles. The van der Waals surface area contributed by atoms with Gasteiger partial charge in [0.2, 0.25) is 0 Å². The molecular weight excluding hydrogens is 409 g/mol. The van der Waals surface area contributed by atoms with E-state index in [0.717, 1.165) is 10.7 Å². The second-order valence-corrected chi connectivity index (χ2v) is 6.25. The van der Waals surface area contributed by atoms with Gasteiger partial charge in [0.1, 0.15) is 11.6 Å². The Morgan fingerprint density at radius 3 is 2.29 bits per heavy atom. The van der Waals surface area contributed by atoms with E-state index in [1.807, 2.05) is 0 Å². The second kappa shape index (κ2) is 6.52. The molecule has 1 aromatic carbocycles. The minimum absolute atomic E-state index is 0.0473. The number of halogens is 5. The van der Waals surface area contributed by atoms with Crippen LogP contribution in [0.1, 0.15) is 11.5 Å². The lowest BCUT2D eigenvalue weighted by atomic mass is 10.2. The number of nitrogens with zero attached hydrogens (tertiary/aromatic N) is 4. The molecule has 0 unspecified atom stereocenters. The highest BCUT2D eigenvalue weighted by molar-refractivity contribution is 9.10.